The summed E-state index contributed by atoms with van der Waals surface area (Å²) < 4.78 is 1.88. The maximum absolute atomic E-state index is 11.4. The van der Waals surface area contributed by atoms with Crippen LogP contribution in [0, 0.1) is 10.1 Å². The molecule has 0 saturated carbocycles. The fourth-order valence-corrected chi connectivity index (χ4v) is 2.48. The van der Waals surface area contributed by atoms with Crippen molar-refractivity contribution in [1.82, 2.24) is 4.57 Å². The Balaban J connectivity index is 2.44. The smallest absolute Gasteiger partial charge is 0.302 e. The molecule has 3 aromatic rings. The molecule has 0 aliphatic carbocycles. The van der Waals surface area contributed by atoms with Crippen LogP contribution in [-0.2, 0) is 7.05 Å². The first kappa shape index (κ1) is 11.5. The zero-order chi connectivity index (χ0) is 13.4. The zero-order valence-electron chi connectivity index (χ0n) is 10.4. The maximum Gasteiger partial charge on any atom is 0.302 e. The second-order valence-corrected chi connectivity index (χ2v) is 4.40. The van der Waals surface area contributed by atoms with E-state index in [1.54, 1.807) is 6.07 Å². The van der Waals surface area contributed by atoms with Crippen LogP contribution in [0.4, 0.5) is 5.69 Å². The van der Waals surface area contributed by atoms with Crippen molar-refractivity contribution in [3.8, 4) is 11.3 Å². The lowest BCUT2D eigenvalue weighted by atomic mass is 10.1. The first-order valence-corrected chi connectivity index (χ1v) is 5.97. The van der Waals surface area contributed by atoms with Crippen LogP contribution >= 0.6 is 0 Å². The standard InChI is InChI=1S/C15H12N2O2/c1-16-13-10-6-5-9-12(13)15(17(18)19)14(16)11-7-3-2-4-8-11/h2-10H,1H3. The van der Waals surface area contributed by atoms with Crippen LogP contribution in [0.3, 0.4) is 0 Å². The number of rotatable bonds is 2. The van der Waals surface area contributed by atoms with Crippen molar-refractivity contribution in [3.05, 3.63) is 64.7 Å². The van der Waals surface area contributed by atoms with Gasteiger partial charge >= 0.3 is 5.69 Å². The summed E-state index contributed by atoms with van der Waals surface area (Å²) in [5, 5.41) is 12.1. The van der Waals surface area contributed by atoms with E-state index in [0.717, 1.165) is 11.1 Å². The highest BCUT2D eigenvalue weighted by atomic mass is 16.6. The Labute approximate surface area is 110 Å². The fraction of sp³-hybridized carbons (Fsp3) is 0.0667. The Morgan fingerprint density at radius 3 is 2.32 bits per heavy atom. The van der Waals surface area contributed by atoms with Gasteiger partial charge in [0, 0.05) is 12.6 Å². The summed E-state index contributed by atoms with van der Waals surface area (Å²) in [4.78, 5) is 11.1. The molecule has 2 aromatic carbocycles. The maximum atomic E-state index is 11.4. The van der Waals surface area contributed by atoms with Gasteiger partial charge in [-0.2, -0.15) is 0 Å². The predicted molar refractivity (Wildman–Crippen MR) is 75.0 cm³/mol. The molecule has 3 rings (SSSR count). The van der Waals surface area contributed by atoms with E-state index in [1.807, 2.05) is 60.1 Å². The van der Waals surface area contributed by atoms with Crippen LogP contribution in [0.1, 0.15) is 0 Å². The first-order valence-electron chi connectivity index (χ1n) is 5.97. The van der Waals surface area contributed by atoms with E-state index >= 15 is 0 Å². The van der Waals surface area contributed by atoms with Crippen LogP contribution in [0.15, 0.2) is 54.6 Å². The monoisotopic (exact) mass is 252 g/mol. The lowest BCUT2D eigenvalue weighted by Gasteiger charge is -2.03. The Morgan fingerprint density at radius 1 is 1.00 bits per heavy atom. The summed E-state index contributed by atoms with van der Waals surface area (Å²) in [6.07, 6.45) is 0. The van der Waals surface area contributed by atoms with E-state index in [-0.39, 0.29) is 10.6 Å². The summed E-state index contributed by atoms with van der Waals surface area (Å²) in [6, 6.07) is 16.9. The van der Waals surface area contributed by atoms with E-state index in [2.05, 4.69) is 0 Å². The van der Waals surface area contributed by atoms with Crippen molar-refractivity contribution < 1.29 is 4.92 Å². The van der Waals surface area contributed by atoms with Crippen molar-refractivity contribution >= 4 is 16.6 Å². The van der Waals surface area contributed by atoms with E-state index < -0.39 is 0 Å². The average molecular weight is 252 g/mol. The van der Waals surface area contributed by atoms with Gasteiger partial charge in [0.25, 0.3) is 0 Å². The van der Waals surface area contributed by atoms with Crippen molar-refractivity contribution in [3.63, 3.8) is 0 Å². The summed E-state index contributed by atoms with van der Waals surface area (Å²) >= 11 is 0. The number of hydrogen-bond acceptors (Lipinski definition) is 2. The largest absolute Gasteiger partial charge is 0.338 e. The highest BCUT2D eigenvalue weighted by molar-refractivity contribution is 5.98. The summed E-state index contributed by atoms with van der Waals surface area (Å²) in [5.74, 6) is 0. The number of aryl methyl sites for hydroxylation is 1. The zero-order valence-corrected chi connectivity index (χ0v) is 10.4. The molecule has 0 saturated heterocycles. The van der Waals surface area contributed by atoms with E-state index in [9.17, 15) is 10.1 Å². The first-order chi connectivity index (χ1) is 9.20. The lowest BCUT2D eigenvalue weighted by molar-refractivity contribution is -0.382. The second-order valence-electron chi connectivity index (χ2n) is 4.40. The number of nitro groups is 1. The molecule has 0 atom stereocenters. The molecule has 0 spiro atoms. The number of hydrogen-bond donors (Lipinski definition) is 0. The molecule has 0 fully saturated rings. The minimum absolute atomic E-state index is 0.171. The molecule has 1 heterocycles. The Kier molecular flexibility index (Phi) is 2.56. The predicted octanol–water partition coefficient (Wildman–Crippen LogP) is 3.75. The molecule has 0 bridgehead atoms. The van der Waals surface area contributed by atoms with Gasteiger partial charge < -0.3 is 4.57 Å². The number of fused-ring (bicyclic) bond motifs is 1. The molecule has 0 aliphatic rings. The van der Waals surface area contributed by atoms with Crippen molar-refractivity contribution in [2.24, 2.45) is 7.05 Å². The third-order valence-electron chi connectivity index (χ3n) is 3.31. The van der Waals surface area contributed by atoms with Crippen LogP contribution in [0.5, 0.6) is 0 Å². The molecule has 0 N–H and O–H groups in total. The molecule has 94 valence electrons. The van der Waals surface area contributed by atoms with Gasteiger partial charge in [-0.3, -0.25) is 10.1 Å². The van der Waals surface area contributed by atoms with Gasteiger partial charge in [0.2, 0.25) is 0 Å². The van der Waals surface area contributed by atoms with E-state index in [4.69, 9.17) is 0 Å². The number of aromatic nitrogens is 1. The highest BCUT2D eigenvalue weighted by Gasteiger charge is 2.25. The lowest BCUT2D eigenvalue weighted by Crippen LogP contribution is -1.94. The number of nitrogens with zero attached hydrogens (tertiary/aromatic N) is 2. The van der Waals surface area contributed by atoms with Gasteiger partial charge in [-0.1, -0.05) is 42.5 Å². The number of benzene rings is 2. The fourth-order valence-electron chi connectivity index (χ4n) is 2.48. The van der Waals surface area contributed by atoms with Gasteiger partial charge in [-0.25, -0.2) is 0 Å². The minimum Gasteiger partial charge on any atom is -0.338 e. The summed E-state index contributed by atoms with van der Waals surface area (Å²) in [6.45, 7) is 0. The SMILES string of the molecule is Cn1c(-c2ccccc2)c([N+](=O)[O-])c2ccccc21. The molecule has 0 amide bonds. The third-order valence-corrected chi connectivity index (χ3v) is 3.31. The van der Waals surface area contributed by atoms with Crippen molar-refractivity contribution in [2.45, 2.75) is 0 Å². The molecule has 0 aliphatic heterocycles. The summed E-state index contributed by atoms with van der Waals surface area (Å²) in [5.41, 5.74) is 2.54. The van der Waals surface area contributed by atoms with Gasteiger partial charge in [0.1, 0.15) is 5.69 Å². The summed E-state index contributed by atoms with van der Waals surface area (Å²) in [7, 11) is 1.86. The minimum atomic E-state index is -0.301. The van der Waals surface area contributed by atoms with Crippen molar-refractivity contribution in [1.29, 1.82) is 0 Å². The van der Waals surface area contributed by atoms with E-state index in [1.165, 1.54) is 0 Å². The van der Waals surface area contributed by atoms with Gasteiger partial charge in [0.15, 0.2) is 0 Å². The topological polar surface area (TPSA) is 48.1 Å². The van der Waals surface area contributed by atoms with Crippen molar-refractivity contribution in [2.75, 3.05) is 0 Å². The molecule has 1 aromatic heterocycles. The quantitative estimate of drug-likeness (QED) is 0.515. The Hall–Kier alpha value is -2.62. The van der Waals surface area contributed by atoms with Crippen LogP contribution < -0.4 is 0 Å². The van der Waals surface area contributed by atoms with Crippen LogP contribution in [0.25, 0.3) is 22.2 Å². The van der Waals surface area contributed by atoms with Gasteiger partial charge in [-0.15, -0.1) is 0 Å². The number of para-hydroxylation sites is 1. The normalized spacial score (nSPS) is 10.8. The molecule has 0 unspecified atom stereocenters. The molecule has 4 heteroatoms. The molecular formula is C15H12N2O2. The van der Waals surface area contributed by atoms with Crippen LogP contribution in [-0.4, -0.2) is 9.49 Å². The van der Waals surface area contributed by atoms with Crippen LogP contribution in [0.2, 0.25) is 0 Å². The highest BCUT2D eigenvalue weighted by Crippen LogP contribution is 2.38. The molecular weight excluding hydrogens is 240 g/mol. The molecule has 19 heavy (non-hydrogen) atoms. The third kappa shape index (κ3) is 1.69. The van der Waals surface area contributed by atoms with Gasteiger partial charge in [-0.05, 0) is 12.1 Å². The van der Waals surface area contributed by atoms with Gasteiger partial charge in [0.05, 0.1) is 15.8 Å². The average Bonchev–Trinajstić information content (AvgIpc) is 2.74. The molecule has 0 radical (unpaired) electrons. The molecule has 4 nitrogen and oxygen atoms in total. The second kappa shape index (κ2) is 4.24. The Bertz CT molecular complexity index is 760. The van der Waals surface area contributed by atoms with E-state index in [0.29, 0.717) is 11.1 Å². The Morgan fingerprint density at radius 2 is 1.63 bits per heavy atom.